The van der Waals surface area contributed by atoms with E-state index in [9.17, 15) is 4.79 Å². The number of amides is 1. The Labute approximate surface area is 109 Å². The Morgan fingerprint density at radius 3 is 2.29 bits per heavy atom. The zero-order chi connectivity index (χ0) is 12.2. The number of nitrogens with one attached hydrogen (secondary N) is 1. The van der Waals surface area contributed by atoms with Gasteiger partial charge in [0.2, 0.25) is 5.91 Å². The lowest BCUT2D eigenvalue weighted by atomic mass is 10.0. The van der Waals surface area contributed by atoms with Gasteiger partial charge in [-0.1, -0.05) is 30.3 Å². The van der Waals surface area contributed by atoms with E-state index in [2.05, 4.69) is 5.32 Å². The fourth-order valence-corrected chi connectivity index (χ4v) is 1.42. The SMILES string of the molecule is CC(C)(C)NC(=O)C(N)Cc1ccccc1.Cl. The summed E-state index contributed by atoms with van der Waals surface area (Å²) in [5, 5.41) is 2.88. The third-order valence-corrected chi connectivity index (χ3v) is 2.13. The van der Waals surface area contributed by atoms with Crippen LogP contribution in [0.25, 0.3) is 0 Å². The molecule has 0 fully saturated rings. The zero-order valence-electron chi connectivity index (χ0n) is 10.6. The Morgan fingerprint density at radius 1 is 1.29 bits per heavy atom. The first-order valence-corrected chi connectivity index (χ1v) is 5.50. The van der Waals surface area contributed by atoms with Crippen LogP contribution in [0.1, 0.15) is 26.3 Å². The van der Waals surface area contributed by atoms with E-state index >= 15 is 0 Å². The van der Waals surface area contributed by atoms with Gasteiger partial charge in [0.1, 0.15) is 0 Å². The van der Waals surface area contributed by atoms with Gasteiger partial charge in [-0.05, 0) is 32.8 Å². The van der Waals surface area contributed by atoms with Gasteiger partial charge in [0.25, 0.3) is 0 Å². The van der Waals surface area contributed by atoms with Crippen molar-refractivity contribution < 1.29 is 4.79 Å². The second kappa shape index (κ2) is 6.62. The first-order chi connectivity index (χ1) is 7.38. The molecule has 0 saturated carbocycles. The molecular weight excluding hydrogens is 236 g/mol. The summed E-state index contributed by atoms with van der Waals surface area (Å²) < 4.78 is 0. The van der Waals surface area contributed by atoms with Crippen molar-refractivity contribution in [2.45, 2.75) is 38.8 Å². The third-order valence-electron chi connectivity index (χ3n) is 2.13. The lowest BCUT2D eigenvalue weighted by molar-refractivity contribution is -0.123. The fourth-order valence-electron chi connectivity index (χ4n) is 1.42. The summed E-state index contributed by atoms with van der Waals surface area (Å²) in [4.78, 5) is 11.7. The predicted octanol–water partition coefficient (Wildman–Crippen LogP) is 1.89. The number of benzene rings is 1. The van der Waals surface area contributed by atoms with Crippen molar-refractivity contribution in [2.75, 3.05) is 0 Å². The molecule has 1 unspecified atom stereocenters. The Bertz CT molecular complexity index is 346. The number of nitrogens with two attached hydrogens (primary N) is 1. The van der Waals surface area contributed by atoms with Crippen LogP contribution in [0.3, 0.4) is 0 Å². The summed E-state index contributed by atoms with van der Waals surface area (Å²) in [6.45, 7) is 5.83. The number of halogens is 1. The van der Waals surface area contributed by atoms with Gasteiger partial charge in [-0.3, -0.25) is 4.79 Å². The van der Waals surface area contributed by atoms with E-state index in [1.165, 1.54) is 0 Å². The molecular formula is C13H21ClN2O. The summed E-state index contributed by atoms with van der Waals surface area (Å²) in [5.74, 6) is -0.101. The van der Waals surface area contributed by atoms with Crippen molar-refractivity contribution in [2.24, 2.45) is 5.73 Å². The Hall–Kier alpha value is -1.06. The topological polar surface area (TPSA) is 55.1 Å². The first kappa shape index (κ1) is 15.9. The van der Waals surface area contributed by atoms with Crippen LogP contribution in [0.2, 0.25) is 0 Å². The van der Waals surface area contributed by atoms with Gasteiger partial charge in [-0.25, -0.2) is 0 Å². The van der Waals surface area contributed by atoms with Gasteiger partial charge in [-0.15, -0.1) is 12.4 Å². The van der Waals surface area contributed by atoms with E-state index in [0.717, 1.165) is 5.56 Å². The maximum atomic E-state index is 11.7. The van der Waals surface area contributed by atoms with Crippen LogP contribution in [0.15, 0.2) is 30.3 Å². The molecule has 0 aliphatic rings. The van der Waals surface area contributed by atoms with Gasteiger partial charge in [-0.2, -0.15) is 0 Å². The van der Waals surface area contributed by atoms with Crippen LogP contribution < -0.4 is 11.1 Å². The first-order valence-electron chi connectivity index (χ1n) is 5.50. The predicted molar refractivity (Wildman–Crippen MR) is 73.3 cm³/mol. The van der Waals surface area contributed by atoms with Gasteiger partial charge >= 0.3 is 0 Å². The van der Waals surface area contributed by atoms with Crippen molar-refractivity contribution in [3.63, 3.8) is 0 Å². The standard InChI is InChI=1S/C13H20N2O.ClH/c1-13(2,3)15-12(16)11(14)9-10-7-5-4-6-8-10;/h4-8,11H,9,14H2,1-3H3,(H,15,16);1H. The van der Waals surface area contributed by atoms with Crippen LogP contribution in [0.5, 0.6) is 0 Å². The van der Waals surface area contributed by atoms with Gasteiger partial charge in [0, 0.05) is 5.54 Å². The Balaban J connectivity index is 0.00000256. The molecule has 4 heteroatoms. The largest absolute Gasteiger partial charge is 0.350 e. The Morgan fingerprint density at radius 2 is 1.82 bits per heavy atom. The molecule has 1 aromatic carbocycles. The van der Waals surface area contributed by atoms with E-state index in [1.807, 2.05) is 51.1 Å². The van der Waals surface area contributed by atoms with Crippen LogP contribution in [0, 0.1) is 0 Å². The monoisotopic (exact) mass is 256 g/mol. The van der Waals surface area contributed by atoms with E-state index in [-0.39, 0.29) is 23.9 Å². The lowest BCUT2D eigenvalue weighted by Gasteiger charge is -2.23. The number of carbonyl (C=O) groups is 1. The molecule has 1 rings (SSSR count). The van der Waals surface area contributed by atoms with Crippen molar-refractivity contribution in [3.05, 3.63) is 35.9 Å². The second-order valence-corrected chi connectivity index (χ2v) is 5.04. The minimum absolute atomic E-state index is 0. The average molecular weight is 257 g/mol. The normalized spacial score (nSPS) is 12.5. The summed E-state index contributed by atoms with van der Waals surface area (Å²) in [6.07, 6.45) is 0.572. The summed E-state index contributed by atoms with van der Waals surface area (Å²) in [5.41, 5.74) is 6.70. The molecule has 0 aliphatic carbocycles. The molecule has 3 nitrogen and oxygen atoms in total. The maximum Gasteiger partial charge on any atom is 0.237 e. The molecule has 0 saturated heterocycles. The van der Waals surface area contributed by atoms with Crippen LogP contribution in [-0.4, -0.2) is 17.5 Å². The summed E-state index contributed by atoms with van der Waals surface area (Å²) in [7, 11) is 0. The van der Waals surface area contributed by atoms with Crippen molar-refractivity contribution in [1.82, 2.24) is 5.32 Å². The highest BCUT2D eigenvalue weighted by molar-refractivity contribution is 5.85. The smallest absolute Gasteiger partial charge is 0.237 e. The minimum Gasteiger partial charge on any atom is -0.350 e. The van der Waals surface area contributed by atoms with Crippen LogP contribution in [0.4, 0.5) is 0 Å². The van der Waals surface area contributed by atoms with Crippen molar-refractivity contribution in [3.8, 4) is 0 Å². The minimum atomic E-state index is -0.485. The summed E-state index contributed by atoms with van der Waals surface area (Å²) >= 11 is 0. The average Bonchev–Trinajstić information content (AvgIpc) is 2.16. The molecule has 1 aromatic rings. The van der Waals surface area contributed by atoms with Crippen LogP contribution >= 0.6 is 12.4 Å². The summed E-state index contributed by atoms with van der Waals surface area (Å²) in [6, 6.07) is 9.31. The molecule has 17 heavy (non-hydrogen) atoms. The molecule has 1 atom stereocenters. The molecule has 1 amide bonds. The van der Waals surface area contributed by atoms with E-state index in [4.69, 9.17) is 5.73 Å². The molecule has 0 spiro atoms. The van der Waals surface area contributed by atoms with E-state index < -0.39 is 6.04 Å². The van der Waals surface area contributed by atoms with Crippen molar-refractivity contribution >= 4 is 18.3 Å². The number of carbonyl (C=O) groups excluding carboxylic acids is 1. The zero-order valence-corrected chi connectivity index (χ0v) is 11.4. The Kier molecular flexibility index (Phi) is 6.21. The van der Waals surface area contributed by atoms with Gasteiger partial charge < -0.3 is 11.1 Å². The fraction of sp³-hybridized carbons (Fsp3) is 0.462. The highest BCUT2D eigenvalue weighted by Gasteiger charge is 2.19. The van der Waals surface area contributed by atoms with Gasteiger partial charge in [0.15, 0.2) is 0 Å². The van der Waals surface area contributed by atoms with Gasteiger partial charge in [0.05, 0.1) is 6.04 Å². The van der Waals surface area contributed by atoms with E-state index in [1.54, 1.807) is 0 Å². The number of rotatable bonds is 3. The van der Waals surface area contributed by atoms with E-state index in [0.29, 0.717) is 6.42 Å². The van der Waals surface area contributed by atoms with Crippen LogP contribution in [-0.2, 0) is 11.2 Å². The third kappa shape index (κ3) is 6.29. The maximum absolute atomic E-state index is 11.7. The molecule has 0 bridgehead atoms. The lowest BCUT2D eigenvalue weighted by Crippen LogP contribution is -2.49. The molecule has 96 valence electrons. The van der Waals surface area contributed by atoms with Crippen molar-refractivity contribution in [1.29, 1.82) is 0 Å². The molecule has 3 N–H and O–H groups in total. The number of hydrogen-bond donors (Lipinski definition) is 2. The molecule has 0 radical (unpaired) electrons. The molecule has 0 aliphatic heterocycles. The molecule has 0 heterocycles. The number of hydrogen-bond acceptors (Lipinski definition) is 2. The molecule has 0 aromatic heterocycles. The second-order valence-electron chi connectivity index (χ2n) is 5.04. The quantitative estimate of drug-likeness (QED) is 0.868. The highest BCUT2D eigenvalue weighted by atomic mass is 35.5. The highest BCUT2D eigenvalue weighted by Crippen LogP contribution is 2.04.